The van der Waals surface area contributed by atoms with E-state index in [2.05, 4.69) is 22.8 Å². The van der Waals surface area contributed by atoms with Crippen LogP contribution in [0.3, 0.4) is 0 Å². The number of aliphatic hydroxyl groups is 1. The highest BCUT2D eigenvalue weighted by Gasteiger charge is 2.23. The molecule has 0 aliphatic rings. The van der Waals surface area contributed by atoms with Crippen molar-refractivity contribution in [2.45, 2.75) is 26.1 Å². The lowest BCUT2D eigenvalue weighted by Gasteiger charge is -2.12. The van der Waals surface area contributed by atoms with Crippen molar-refractivity contribution in [1.29, 1.82) is 0 Å². The number of imidazole rings is 1. The molecule has 1 aromatic heterocycles. The Kier molecular flexibility index (Phi) is 5.49. The third kappa shape index (κ3) is 4.25. The molecule has 0 spiro atoms. The number of para-hydroxylation sites is 2. The maximum atomic E-state index is 10.6. The third-order valence-corrected chi connectivity index (χ3v) is 5.06. The summed E-state index contributed by atoms with van der Waals surface area (Å²) in [5.74, 6) is 1.36. The van der Waals surface area contributed by atoms with Gasteiger partial charge in [0, 0.05) is 0 Å². The topological polar surface area (TPSA) is 64.3 Å². The predicted molar refractivity (Wildman–Crippen MR) is 115 cm³/mol. The van der Waals surface area contributed by atoms with E-state index >= 15 is 0 Å². The average molecular weight is 388 g/mol. The van der Waals surface area contributed by atoms with Gasteiger partial charge in [-0.05, 0) is 36.8 Å². The lowest BCUT2D eigenvalue weighted by molar-refractivity contribution is -0.648. The standard InChI is InChI=1S/C24H25N3O2/c1-18-11-13-21(14-12-18)29-17-20(28)16-27-23-10-6-5-9-22(23)26(24(27)25)15-19-7-3-2-4-8-19/h2-14,20,25,28H,15-17H2,1H3/p+1/t20-/m0/s1. The van der Waals surface area contributed by atoms with Crippen molar-refractivity contribution < 1.29 is 14.4 Å². The Hall–Kier alpha value is -3.31. The van der Waals surface area contributed by atoms with Gasteiger partial charge in [0.2, 0.25) is 0 Å². The zero-order valence-electron chi connectivity index (χ0n) is 16.5. The molecule has 0 unspecified atom stereocenters. The minimum absolute atomic E-state index is 0.202. The molecule has 1 heterocycles. The molecule has 0 saturated heterocycles. The highest BCUT2D eigenvalue weighted by atomic mass is 16.5. The van der Waals surface area contributed by atoms with Gasteiger partial charge < -0.3 is 9.84 Å². The van der Waals surface area contributed by atoms with Gasteiger partial charge in [-0.15, -0.1) is 0 Å². The Bertz CT molecular complexity index is 1090. The molecule has 0 aliphatic carbocycles. The number of fused-ring (bicyclic) bond motifs is 1. The molecule has 148 valence electrons. The summed E-state index contributed by atoms with van der Waals surface area (Å²) in [7, 11) is 0. The van der Waals surface area contributed by atoms with Crippen molar-refractivity contribution >= 4 is 17.0 Å². The van der Waals surface area contributed by atoms with Crippen LogP contribution in [0.25, 0.3) is 11.0 Å². The molecule has 0 aliphatic heterocycles. The molecule has 3 N–H and O–H groups in total. The van der Waals surface area contributed by atoms with Crippen LogP contribution in [0, 0.1) is 6.92 Å². The van der Waals surface area contributed by atoms with Crippen LogP contribution >= 0.6 is 0 Å². The van der Waals surface area contributed by atoms with Gasteiger partial charge in [-0.3, -0.25) is 5.73 Å². The smallest absolute Gasteiger partial charge is 0.356 e. The summed E-state index contributed by atoms with van der Waals surface area (Å²) < 4.78 is 9.78. The van der Waals surface area contributed by atoms with Gasteiger partial charge >= 0.3 is 5.95 Å². The number of nitrogen functional groups attached to an aromatic ring is 1. The van der Waals surface area contributed by atoms with Crippen molar-refractivity contribution in [3.8, 4) is 5.75 Å². The van der Waals surface area contributed by atoms with Crippen molar-refractivity contribution in [1.82, 2.24) is 4.57 Å². The van der Waals surface area contributed by atoms with E-state index in [1.165, 1.54) is 11.1 Å². The lowest BCUT2D eigenvalue weighted by atomic mass is 10.2. The normalized spacial score (nSPS) is 12.2. The number of aryl methyl sites for hydroxylation is 1. The van der Waals surface area contributed by atoms with Crippen LogP contribution in [0.15, 0.2) is 78.9 Å². The molecule has 3 aromatic carbocycles. The van der Waals surface area contributed by atoms with Gasteiger partial charge in [0.1, 0.15) is 36.0 Å². The number of aliphatic hydroxyl groups excluding tert-OH is 1. The summed E-state index contributed by atoms with van der Waals surface area (Å²) in [4.78, 5) is 0. The number of ether oxygens (including phenoxy) is 1. The van der Waals surface area contributed by atoms with Gasteiger partial charge in [0.25, 0.3) is 0 Å². The minimum Gasteiger partial charge on any atom is -0.491 e. The Labute approximate surface area is 170 Å². The molecule has 0 bridgehead atoms. The van der Waals surface area contributed by atoms with Crippen molar-refractivity contribution in [3.63, 3.8) is 0 Å². The maximum Gasteiger partial charge on any atom is 0.356 e. The lowest BCUT2D eigenvalue weighted by Crippen LogP contribution is -2.37. The number of hydrogen-bond donors (Lipinski definition) is 2. The Morgan fingerprint density at radius 2 is 1.66 bits per heavy atom. The fourth-order valence-corrected chi connectivity index (χ4v) is 3.53. The molecule has 0 saturated carbocycles. The van der Waals surface area contributed by atoms with Gasteiger partial charge in [-0.25, -0.2) is 9.13 Å². The molecule has 4 aromatic rings. The summed E-state index contributed by atoms with van der Waals surface area (Å²) >= 11 is 0. The molecular formula is C24H26N3O2+. The van der Waals surface area contributed by atoms with Crippen molar-refractivity contribution in [3.05, 3.63) is 90.0 Å². The molecular weight excluding hydrogens is 362 g/mol. The summed E-state index contributed by atoms with van der Waals surface area (Å²) in [6.07, 6.45) is -0.681. The largest absolute Gasteiger partial charge is 0.491 e. The quantitative estimate of drug-likeness (QED) is 0.478. The van der Waals surface area contributed by atoms with Crippen LogP contribution in [0.5, 0.6) is 5.75 Å². The zero-order valence-corrected chi connectivity index (χ0v) is 16.5. The van der Waals surface area contributed by atoms with E-state index in [9.17, 15) is 5.11 Å². The van der Waals surface area contributed by atoms with Crippen LogP contribution in [0.4, 0.5) is 5.95 Å². The van der Waals surface area contributed by atoms with Gasteiger partial charge in [-0.1, -0.05) is 60.2 Å². The number of anilines is 1. The molecule has 1 atom stereocenters. The Morgan fingerprint density at radius 3 is 2.41 bits per heavy atom. The van der Waals surface area contributed by atoms with E-state index < -0.39 is 6.10 Å². The number of hydrogen-bond acceptors (Lipinski definition) is 3. The van der Waals surface area contributed by atoms with E-state index in [0.717, 1.165) is 16.8 Å². The number of rotatable bonds is 7. The predicted octanol–water partition coefficient (Wildman–Crippen LogP) is 3.31. The summed E-state index contributed by atoms with van der Waals surface area (Å²) in [5, 5.41) is 10.6. The van der Waals surface area contributed by atoms with Gasteiger partial charge in [0.05, 0.1) is 6.54 Å². The summed E-state index contributed by atoms with van der Waals surface area (Å²) in [6, 6.07) is 26.1. The number of nitrogens with two attached hydrogens (primary N) is 1. The van der Waals surface area contributed by atoms with Gasteiger partial charge in [0.15, 0.2) is 0 Å². The molecule has 5 heteroatoms. The average Bonchev–Trinajstić information content (AvgIpc) is 3.00. The number of benzene rings is 3. The second-order valence-corrected chi connectivity index (χ2v) is 7.31. The first-order valence-electron chi connectivity index (χ1n) is 9.80. The van der Waals surface area contributed by atoms with E-state index in [1.54, 1.807) is 0 Å². The summed E-state index contributed by atoms with van der Waals surface area (Å²) in [6.45, 7) is 3.27. The Morgan fingerprint density at radius 1 is 0.966 bits per heavy atom. The second kappa shape index (κ2) is 8.37. The van der Waals surface area contributed by atoms with Crippen molar-refractivity contribution in [2.75, 3.05) is 12.3 Å². The van der Waals surface area contributed by atoms with E-state index in [4.69, 9.17) is 10.5 Å². The minimum atomic E-state index is -0.681. The molecule has 0 amide bonds. The maximum absolute atomic E-state index is 10.6. The van der Waals surface area contributed by atoms with Crippen molar-refractivity contribution in [2.24, 2.45) is 0 Å². The highest BCUT2D eigenvalue weighted by molar-refractivity contribution is 5.74. The first-order valence-corrected chi connectivity index (χ1v) is 9.80. The third-order valence-electron chi connectivity index (χ3n) is 5.06. The van der Waals surface area contributed by atoms with E-state index in [1.807, 2.05) is 72.2 Å². The first-order chi connectivity index (χ1) is 14.1. The van der Waals surface area contributed by atoms with Crippen LogP contribution < -0.4 is 15.0 Å². The fourth-order valence-electron chi connectivity index (χ4n) is 3.53. The molecule has 0 fully saturated rings. The van der Waals surface area contributed by atoms with Crippen LogP contribution in [-0.2, 0) is 13.1 Å². The highest BCUT2D eigenvalue weighted by Crippen LogP contribution is 2.18. The van der Waals surface area contributed by atoms with Crippen LogP contribution in [0.1, 0.15) is 11.1 Å². The SMILES string of the molecule is Cc1ccc(OC[C@@H](O)Cn2c(N)[n+](Cc3ccccc3)c3ccccc32)cc1. The molecule has 4 rings (SSSR count). The fraction of sp³-hybridized carbons (Fsp3) is 0.208. The first kappa shape index (κ1) is 19.0. The number of nitrogens with zero attached hydrogens (tertiary/aromatic N) is 2. The number of aromatic nitrogens is 2. The molecule has 0 radical (unpaired) electrons. The molecule has 5 nitrogen and oxygen atoms in total. The van der Waals surface area contributed by atoms with Gasteiger partial charge in [-0.2, -0.15) is 0 Å². The summed E-state index contributed by atoms with van der Waals surface area (Å²) in [5.41, 5.74) is 10.9. The monoisotopic (exact) mass is 388 g/mol. The Balaban J connectivity index is 1.55. The van der Waals surface area contributed by atoms with E-state index in [0.29, 0.717) is 19.0 Å². The van der Waals surface area contributed by atoms with Crippen LogP contribution in [0.2, 0.25) is 0 Å². The second-order valence-electron chi connectivity index (χ2n) is 7.31. The zero-order chi connectivity index (χ0) is 20.2. The van der Waals surface area contributed by atoms with E-state index in [-0.39, 0.29) is 6.61 Å². The van der Waals surface area contributed by atoms with Crippen LogP contribution in [-0.4, -0.2) is 22.4 Å². The molecule has 29 heavy (non-hydrogen) atoms.